The van der Waals surface area contributed by atoms with Crippen LogP contribution >= 0.6 is 0 Å². The molecule has 0 spiro atoms. The highest BCUT2D eigenvalue weighted by atomic mass is 19.4. The van der Waals surface area contributed by atoms with Crippen LogP contribution in [0.2, 0.25) is 0 Å². The summed E-state index contributed by atoms with van der Waals surface area (Å²) >= 11 is 0. The van der Waals surface area contributed by atoms with E-state index in [-0.39, 0.29) is 12.2 Å². The minimum absolute atomic E-state index is 0.284. The van der Waals surface area contributed by atoms with E-state index in [1.807, 2.05) is 6.07 Å². The van der Waals surface area contributed by atoms with Crippen LogP contribution < -0.4 is 10.6 Å². The fourth-order valence-electron chi connectivity index (χ4n) is 2.47. The van der Waals surface area contributed by atoms with E-state index >= 15 is 0 Å². The highest BCUT2D eigenvalue weighted by molar-refractivity contribution is 5.96. The van der Waals surface area contributed by atoms with Crippen molar-refractivity contribution in [2.45, 2.75) is 19.1 Å². The number of anilines is 2. The van der Waals surface area contributed by atoms with Gasteiger partial charge in [0.25, 0.3) is 0 Å². The Hall–Kier alpha value is -3.38. The number of nitriles is 1. The number of alkyl halides is 3. The van der Waals surface area contributed by atoms with Gasteiger partial charge in [-0.1, -0.05) is 12.1 Å². The molecule has 2 N–H and O–H groups in total. The first kappa shape index (κ1) is 21.9. The van der Waals surface area contributed by atoms with Crippen LogP contribution in [-0.2, 0) is 15.8 Å². The summed E-state index contributed by atoms with van der Waals surface area (Å²) in [5, 5.41) is 13.7. The van der Waals surface area contributed by atoms with E-state index in [1.54, 1.807) is 31.2 Å². The quantitative estimate of drug-likeness (QED) is 0.772. The number of nitrogens with zero attached hydrogens (tertiary/aromatic N) is 2. The topological polar surface area (TPSA) is 85.2 Å². The fraction of sp³-hybridized carbons (Fsp3) is 0.250. The molecule has 0 aliphatic heterocycles. The molecule has 2 aromatic carbocycles. The number of likely N-dealkylation sites (N-methyl/N-ethyl adjacent to an activating group) is 1. The van der Waals surface area contributed by atoms with E-state index in [0.29, 0.717) is 11.3 Å². The second-order valence-electron chi connectivity index (χ2n) is 6.36. The molecule has 0 bridgehead atoms. The molecule has 29 heavy (non-hydrogen) atoms. The van der Waals surface area contributed by atoms with Crippen molar-refractivity contribution in [3.63, 3.8) is 0 Å². The zero-order valence-corrected chi connectivity index (χ0v) is 15.7. The van der Waals surface area contributed by atoms with Crippen molar-refractivity contribution < 1.29 is 22.8 Å². The van der Waals surface area contributed by atoms with Gasteiger partial charge >= 0.3 is 6.18 Å². The number of amides is 2. The molecule has 0 aromatic heterocycles. The maximum Gasteiger partial charge on any atom is 0.418 e. The van der Waals surface area contributed by atoms with E-state index < -0.39 is 29.6 Å². The Morgan fingerprint density at radius 1 is 1.10 bits per heavy atom. The first-order chi connectivity index (χ1) is 13.6. The predicted molar refractivity (Wildman–Crippen MR) is 102 cm³/mol. The van der Waals surface area contributed by atoms with Crippen LogP contribution in [0.3, 0.4) is 0 Å². The van der Waals surface area contributed by atoms with Gasteiger partial charge < -0.3 is 10.6 Å². The smallest absolute Gasteiger partial charge is 0.325 e. The summed E-state index contributed by atoms with van der Waals surface area (Å²) in [6.45, 7) is 1.28. The van der Waals surface area contributed by atoms with Gasteiger partial charge in [-0.25, -0.2) is 0 Å². The lowest BCUT2D eigenvalue weighted by Crippen LogP contribution is -2.43. The van der Waals surface area contributed by atoms with Crippen LogP contribution in [0.5, 0.6) is 0 Å². The van der Waals surface area contributed by atoms with Gasteiger partial charge in [-0.3, -0.25) is 14.5 Å². The molecule has 0 aliphatic rings. The highest BCUT2D eigenvalue weighted by Gasteiger charge is 2.33. The van der Waals surface area contributed by atoms with Gasteiger partial charge in [0.15, 0.2) is 0 Å². The van der Waals surface area contributed by atoms with Crippen molar-refractivity contribution in [3.05, 3.63) is 59.7 Å². The van der Waals surface area contributed by atoms with E-state index in [4.69, 9.17) is 5.26 Å². The van der Waals surface area contributed by atoms with Crippen LogP contribution in [0.25, 0.3) is 0 Å². The maximum absolute atomic E-state index is 13.0. The molecule has 2 rings (SSSR count). The van der Waals surface area contributed by atoms with Crippen molar-refractivity contribution in [2.24, 2.45) is 0 Å². The summed E-state index contributed by atoms with van der Waals surface area (Å²) < 4.78 is 39.1. The molecule has 0 saturated carbocycles. The first-order valence-corrected chi connectivity index (χ1v) is 8.59. The Balaban J connectivity index is 1.96. The Morgan fingerprint density at radius 2 is 1.72 bits per heavy atom. The number of rotatable bonds is 6. The SMILES string of the molecule is C[C@H](C(=O)Nc1ccc(C#N)cc1)N(C)CC(=O)Nc1ccccc1C(F)(F)F. The molecule has 2 aromatic rings. The number of benzene rings is 2. The standard InChI is InChI=1S/C20H19F3N4O2/c1-13(19(29)25-15-9-7-14(11-24)8-10-15)27(2)12-18(28)26-17-6-4-3-5-16(17)20(21,22)23/h3-10,13H,12H2,1-2H3,(H,25,29)(H,26,28)/t13-/m1/s1. The van der Waals surface area contributed by atoms with Gasteiger partial charge in [-0.2, -0.15) is 18.4 Å². The summed E-state index contributed by atoms with van der Waals surface area (Å²) in [7, 11) is 1.51. The zero-order chi connectivity index (χ0) is 21.6. The monoisotopic (exact) mass is 404 g/mol. The van der Waals surface area contributed by atoms with Crippen LogP contribution in [0.1, 0.15) is 18.1 Å². The van der Waals surface area contributed by atoms with Gasteiger partial charge in [-0.05, 0) is 50.4 Å². The molecule has 0 unspecified atom stereocenters. The molecular formula is C20H19F3N4O2. The normalized spacial score (nSPS) is 12.2. The second-order valence-corrected chi connectivity index (χ2v) is 6.36. The first-order valence-electron chi connectivity index (χ1n) is 8.59. The van der Waals surface area contributed by atoms with E-state index in [9.17, 15) is 22.8 Å². The Labute approximate surface area is 165 Å². The Bertz CT molecular complexity index is 921. The number of halogens is 3. The number of hydrogen-bond donors (Lipinski definition) is 2. The summed E-state index contributed by atoms with van der Waals surface area (Å²) in [5.41, 5.74) is -0.350. The van der Waals surface area contributed by atoms with Crippen molar-refractivity contribution in [3.8, 4) is 6.07 Å². The third-order valence-corrected chi connectivity index (χ3v) is 4.22. The maximum atomic E-state index is 13.0. The Morgan fingerprint density at radius 3 is 2.31 bits per heavy atom. The van der Waals surface area contributed by atoms with Crippen molar-refractivity contribution in [2.75, 3.05) is 24.2 Å². The van der Waals surface area contributed by atoms with Crippen molar-refractivity contribution in [1.82, 2.24) is 4.90 Å². The van der Waals surface area contributed by atoms with Crippen molar-refractivity contribution >= 4 is 23.2 Å². The highest BCUT2D eigenvalue weighted by Crippen LogP contribution is 2.34. The molecule has 2 amide bonds. The average Bonchev–Trinajstić information content (AvgIpc) is 2.67. The molecule has 0 heterocycles. The second kappa shape index (κ2) is 9.21. The van der Waals surface area contributed by atoms with Gasteiger partial charge in [0.05, 0.1) is 35.5 Å². The van der Waals surface area contributed by atoms with Gasteiger partial charge in [0, 0.05) is 5.69 Å². The number of para-hydroxylation sites is 1. The van der Waals surface area contributed by atoms with Crippen LogP contribution in [0, 0.1) is 11.3 Å². The summed E-state index contributed by atoms with van der Waals surface area (Å²) in [4.78, 5) is 25.9. The molecule has 6 nitrogen and oxygen atoms in total. The molecule has 1 atom stereocenters. The lowest BCUT2D eigenvalue weighted by Gasteiger charge is -2.23. The Kier molecular flexibility index (Phi) is 6.96. The lowest BCUT2D eigenvalue weighted by molar-refractivity contribution is -0.137. The minimum Gasteiger partial charge on any atom is -0.325 e. The molecule has 0 saturated heterocycles. The number of carbonyl (C=O) groups is 2. The number of carbonyl (C=O) groups excluding carboxylic acids is 2. The minimum atomic E-state index is -4.59. The van der Waals surface area contributed by atoms with Crippen LogP contribution in [0.15, 0.2) is 48.5 Å². The molecule has 0 aliphatic carbocycles. The van der Waals surface area contributed by atoms with Gasteiger partial charge in [-0.15, -0.1) is 0 Å². The van der Waals surface area contributed by atoms with Crippen molar-refractivity contribution in [1.29, 1.82) is 5.26 Å². The lowest BCUT2D eigenvalue weighted by atomic mass is 10.1. The summed E-state index contributed by atoms with van der Waals surface area (Å²) in [5.74, 6) is -1.08. The fourth-order valence-corrected chi connectivity index (χ4v) is 2.47. The van der Waals surface area contributed by atoms with E-state index in [2.05, 4.69) is 10.6 Å². The molecule has 0 radical (unpaired) electrons. The molecule has 9 heteroatoms. The van der Waals surface area contributed by atoms with Crippen LogP contribution in [0.4, 0.5) is 24.5 Å². The number of nitrogens with one attached hydrogen (secondary N) is 2. The zero-order valence-electron chi connectivity index (χ0n) is 15.7. The molecule has 0 fully saturated rings. The van der Waals surface area contributed by atoms with E-state index in [0.717, 1.165) is 6.07 Å². The largest absolute Gasteiger partial charge is 0.418 e. The molecular weight excluding hydrogens is 385 g/mol. The summed E-state index contributed by atoms with van der Waals surface area (Å²) in [6.07, 6.45) is -4.59. The third-order valence-electron chi connectivity index (χ3n) is 4.22. The van der Waals surface area contributed by atoms with Crippen LogP contribution in [-0.4, -0.2) is 36.3 Å². The predicted octanol–water partition coefficient (Wildman–Crippen LogP) is 3.47. The summed E-state index contributed by atoms with van der Waals surface area (Å²) in [6, 6.07) is 12.2. The average molecular weight is 404 g/mol. The number of hydrogen-bond acceptors (Lipinski definition) is 4. The third kappa shape index (κ3) is 6.05. The van der Waals surface area contributed by atoms with Gasteiger partial charge in [0.2, 0.25) is 11.8 Å². The van der Waals surface area contributed by atoms with E-state index in [1.165, 1.54) is 30.1 Å². The molecule has 152 valence electrons. The van der Waals surface area contributed by atoms with Gasteiger partial charge in [0.1, 0.15) is 0 Å².